The average Bonchev–Trinajstić information content (AvgIpc) is 2.19. The summed E-state index contributed by atoms with van der Waals surface area (Å²) >= 11 is 4.91. The van der Waals surface area contributed by atoms with Gasteiger partial charge < -0.3 is 9.55 Å². The lowest BCUT2D eigenvalue weighted by Gasteiger charge is -2.03. The summed E-state index contributed by atoms with van der Waals surface area (Å²) in [4.78, 5) is 18.0. The topological polar surface area (TPSA) is 50.7 Å². The van der Waals surface area contributed by atoms with Crippen molar-refractivity contribution >= 4 is 23.3 Å². The molecule has 0 amide bonds. The van der Waals surface area contributed by atoms with Crippen LogP contribution in [0.4, 0.5) is 4.39 Å². The molecule has 0 aliphatic carbocycles. The van der Waals surface area contributed by atoms with Gasteiger partial charge in [0, 0.05) is 13.2 Å². The Balaban J connectivity index is 3.07. The Morgan fingerprint density at radius 2 is 2.27 bits per heavy atom. The van der Waals surface area contributed by atoms with Crippen LogP contribution in [0.3, 0.4) is 0 Å². The van der Waals surface area contributed by atoms with Crippen molar-refractivity contribution in [2.24, 2.45) is 7.05 Å². The third-order valence-electron chi connectivity index (χ3n) is 2.23. The molecule has 78 valence electrons. The van der Waals surface area contributed by atoms with Gasteiger partial charge in [0.05, 0.1) is 10.9 Å². The van der Waals surface area contributed by atoms with Gasteiger partial charge in [0.2, 0.25) is 4.77 Å². The fraction of sp³-hybridized carbons (Fsp3) is 0.222. The van der Waals surface area contributed by atoms with Crippen molar-refractivity contribution in [1.29, 1.82) is 0 Å². The van der Waals surface area contributed by atoms with E-state index in [0.29, 0.717) is 10.2 Å². The number of aromatic nitrogens is 3. The van der Waals surface area contributed by atoms with Crippen LogP contribution in [0, 0.1) is 17.6 Å². The molecule has 0 radical (unpaired) electrons. The van der Waals surface area contributed by atoms with Crippen LogP contribution in [0.1, 0.15) is 5.56 Å². The number of nitrogens with zero attached hydrogens (tertiary/aromatic N) is 2. The number of halogens is 1. The van der Waals surface area contributed by atoms with Gasteiger partial charge in [0.15, 0.2) is 11.4 Å². The molecule has 1 N–H and O–H groups in total. The van der Waals surface area contributed by atoms with Gasteiger partial charge in [-0.25, -0.2) is 4.98 Å². The summed E-state index contributed by atoms with van der Waals surface area (Å²) < 4.78 is 15.0. The molecule has 2 aromatic rings. The van der Waals surface area contributed by atoms with Crippen LogP contribution in [-0.2, 0) is 7.05 Å². The highest BCUT2D eigenvalue weighted by Gasteiger charge is 2.08. The molecule has 2 heterocycles. The predicted octanol–water partition coefficient (Wildman–Crippen LogP) is 1.44. The van der Waals surface area contributed by atoms with Crippen LogP contribution < -0.4 is 5.43 Å². The van der Waals surface area contributed by atoms with Crippen molar-refractivity contribution in [3.05, 3.63) is 32.7 Å². The van der Waals surface area contributed by atoms with E-state index in [0.717, 1.165) is 0 Å². The van der Waals surface area contributed by atoms with Crippen LogP contribution in [0.2, 0.25) is 0 Å². The number of pyridine rings is 1. The molecule has 0 saturated heterocycles. The standard InChI is InChI=1S/C9H8FN3OS/c1-4-6(14)5-3-13(2)9(15)12-8(5)11-7(4)10/h3H,1-2H3,(H,11,12,15). The molecule has 6 heteroatoms. The minimum absolute atomic E-state index is 0.0569. The lowest BCUT2D eigenvalue weighted by molar-refractivity contribution is 0.576. The summed E-state index contributed by atoms with van der Waals surface area (Å²) in [6, 6.07) is 0. The molecule has 0 aliphatic heterocycles. The third kappa shape index (κ3) is 1.46. The maximum Gasteiger partial charge on any atom is 0.201 e. The Morgan fingerprint density at radius 3 is 2.93 bits per heavy atom. The molecule has 0 unspecified atom stereocenters. The van der Waals surface area contributed by atoms with E-state index in [1.165, 1.54) is 6.92 Å². The van der Waals surface area contributed by atoms with E-state index in [-0.39, 0.29) is 16.6 Å². The lowest BCUT2D eigenvalue weighted by atomic mass is 10.2. The van der Waals surface area contributed by atoms with Crippen molar-refractivity contribution in [2.75, 3.05) is 0 Å². The van der Waals surface area contributed by atoms with Crippen molar-refractivity contribution in [2.45, 2.75) is 6.92 Å². The maximum absolute atomic E-state index is 13.2. The van der Waals surface area contributed by atoms with Crippen LogP contribution >= 0.6 is 12.2 Å². The molecule has 0 atom stereocenters. The minimum atomic E-state index is -0.664. The van der Waals surface area contributed by atoms with Gasteiger partial charge >= 0.3 is 0 Å². The van der Waals surface area contributed by atoms with Gasteiger partial charge in [0.1, 0.15) is 5.65 Å². The Kier molecular flexibility index (Phi) is 2.15. The van der Waals surface area contributed by atoms with Gasteiger partial charge in [-0.1, -0.05) is 0 Å². The quantitative estimate of drug-likeness (QED) is 0.545. The highest BCUT2D eigenvalue weighted by Crippen LogP contribution is 2.07. The summed E-state index contributed by atoms with van der Waals surface area (Å²) in [6.07, 6.45) is 1.55. The Hall–Kier alpha value is -1.56. The molecule has 0 fully saturated rings. The summed E-state index contributed by atoms with van der Waals surface area (Å²) in [5, 5.41) is 0.338. The minimum Gasteiger partial charge on any atom is -0.326 e. The molecule has 15 heavy (non-hydrogen) atoms. The maximum atomic E-state index is 13.2. The van der Waals surface area contributed by atoms with Crippen molar-refractivity contribution < 1.29 is 4.39 Å². The number of nitrogens with one attached hydrogen (secondary N) is 1. The second-order valence-electron chi connectivity index (χ2n) is 3.29. The predicted molar refractivity (Wildman–Crippen MR) is 56.9 cm³/mol. The molecule has 0 saturated carbocycles. The van der Waals surface area contributed by atoms with Crippen molar-refractivity contribution in [3.63, 3.8) is 0 Å². The first-order chi connectivity index (χ1) is 7.00. The molecule has 0 aromatic carbocycles. The number of hydrogen-bond donors (Lipinski definition) is 1. The van der Waals surface area contributed by atoms with Crippen LogP contribution in [0.15, 0.2) is 11.0 Å². The summed E-state index contributed by atoms with van der Waals surface area (Å²) in [5.41, 5.74) is -0.119. The van der Waals surface area contributed by atoms with Crippen LogP contribution in [-0.4, -0.2) is 14.5 Å². The number of hydrogen-bond acceptors (Lipinski definition) is 3. The smallest absolute Gasteiger partial charge is 0.201 e. The van der Waals surface area contributed by atoms with Crippen LogP contribution in [0.5, 0.6) is 0 Å². The molecule has 0 spiro atoms. The number of fused-ring (bicyclic) bond motifs is 1. The molecule has 0 bridgehead atoms. The fourth-order valence-corrected chi connectivity index (χ4v) is 1.45. The zero-order valence-corrected chi connectivity index (χ0v) is 8.98. The number of aromatic amines is 1. The average molecular weight is 225 g/mol. The number of aryl methyl sites for hydroxylation is 1. The molecular weight excluding hydrogens is 217 g/mol. The highest BCUT2D eigenvalue weighted by molar-refractivity contribution is 7.71. The zero-order valence-electron chi connectivity index (χ0n) is 8.17. The van der Waals surface area contributed by atoms with Gasteiger partial charge in [0.25, 0.3) is 0 Å². The van der Waals surface area contributed by atoms with Crippen molar-refractivity contribution in [1.82, 2.24) is 14.5 Å². The van der Waals surface area contributed by atoms with Crippen LogP contribution in [0.25, 0.3) is 11.0 Å². The van der Waals surface area contributed by atoms with E-state index < -0.39 is 5.95 Å². The molecule has 0 aliphatic rings. The van der Waals surface area contributed by atoms with E-state index in [2.05, 4.69) is 9.97 Å². The Morgan fingerprint density at radius 1 is 1.60 bits per heavy atom. The number of H-pyrrole nitrogens is 1. The van der Waals surface area contributed by atoms with Gasteiger partial charge in [-0.05, 0) is 19.1 Å². The highest BCUT2D eigenvalue weighted by atomic mass is 32.1. The zero-order chi connectivity index (χ0) is 11.2. The second kappa shape index (κ2) is 3.23. The first-order valence-electron chi connectivity index (χ1n) is 4.26. The first kappa shape index (κ1) is 9.97. The molecule has 2 rings (SSSR count). The van der Waals surface area contributed by atoms with Crippen molar-refractivity contribution in [3.8, 4) is 0 Å². The Labute approximate surface area is 89.4 Å². The fourth-order valence-electron chi connectivity index (χ4n) is 1.31. The summed E-state index contributed by atoms with van der Waals surface area (Å²) in [5.74, 6) is -0.664. The summed E-state index contributed by atoms with van der Waals surface area (Å²) in [6.45, 7) is 1.43. The first-order valence-corrected chi connectivity index (χ1v) is 4.67. The molecular formula is C9H8FN3OS. The van der Waals surface area contributed by atoms with E-state index >= 15 is 0 Å². The largest absolute Gasteiger partial charge is 0.326 e. The number of rotatable bonds is 0. The van der Waals surface area contributed by atoms with Gasteiger partial charge in [-0.3, -0.25) is 4.79 Å². The van der Waals surface area contributed by atoms with E-state index in [9.17, 15) is 9.18 Å². The van der Waals surface area contributed by atoms with E-state index in [1.807, 2.05) is 0 Å². The summed E-state index contributed by atoms with van der Waals surface area (Å²) in [7, 11) is 1.69. The third-order valence-corrected chi connectivity index (χ3v) is 2.61. The molecule has 4 nitrogen and oxygen atoms in total. The second-order valence-corrected chi connectivity index (χ2v) is 3.65. The lowest BCUT2D eigenvalue weighted by Crippen LogP contribution is -2.13. The van der Waals surface area contributed by atoms with E-state index in [1.54, 1.807) is 17.8 Å². The SMILES string of the molecule is Cc1c(F)[nH]c2nc(=S)n(C)cc2c1=O. The molecule has 2 aromatic heterocycles. The van der Waals surface area contributed by atoms with E-state index in [4.69, 9.17) is 12.2 Å². The Bertz CT molecular complexity index is 659. The van der Waals surface area contributed by atoms with Gasteiger partial charge in [-0.2, -0.15) is 4.39 Å². The monoisotopic (exact) mass is 225 g/mol. The van der Waals surface area contributed by atoms with Gasteiger partial charge in [-0.15, -0.1) is 0 Å². The normalized spacial score (nSPS) is 10.9.